The number of benzene rings is 3. The van der Waals surface area contributed by atoms with Gasteiger partial charge in [-0.25, -0.2) is 0 Å². The van der Waals surface area contributed by atoms with Gasteiger partial charge >= 0.3 is 0 Å². The number of anilines is 3. The summed E-state index contributed by atoms with van der Waals surface area (Å²) in [5.74, 6) is -0.241. The minimum Gasteiger partial charge on any atom is -0.507 e. The Kier molecular flexibility index (Phi) is 8.24. The molecule has 0 heterocycles. The van der Waals surface area contributed by atoms with E-state index >= 15 is 0 Å². The van der Waals surface area contributed by atoms with Crippen molar-refractivity contribution < 1.29 is 20.4 Å². The molecule has 0 aromatic heterocycles. The second kappa shape index (κ2) is 11.3. The number of nitrogens with zero attached hydrogens (tertiary/aromatic N) is 2. The number of para-hydroxylation sites is 1. The lowest BCUT2D eigenvalue weighted by molar-refractivity contribution is -0.0750. The van der Waals surface area contributed by atoms with E-state index in [2.05, 4.69) is 38.7 Å². The fourth-order valence-corrected chi connectivity index (χ4v) is 5.59. The highest BCUT2D eigenvalue weighted by molar-refractivity contribution is 5.68. The van der Waals surface area contributed by atoms with Crippen LogP contribution in [0.4, 0.5) is 17.1 Å². The summed E-state index contributed by atoms with van der Waals surface area (Å²) < 4.78 is 0. The first kappa shape index (κ1) is 27.8. The molecule has 4 N–H and O–H groups in total. The Bertz CT molecular complexity index is 1200. The Hall–Kier alpha value is -3.22. The number of hydrogen-bond donors (Lipinski definition) is 4. The molecule has 3 aromatic carbocycles. The Morgan fingerprint density at radius 2 is 1.24 bits per heavy atom. The van der Waals surface area contributed by atoms with Gasteiger partial charge in [-0.1, -0.05) is 52.0 Å². The van der Waals surface area contributed by atoms with Crippen molar-refractivity contribution in [1.82, 2.24) is 0 Å². The number of phenolic OH excluding ortho intramolecular Hbond substituents is 2. The molecular formula is C32H42N2O4. The van der Waals surface area contributed by atoms with E-state index in [9.17, 15) is 20.4 Å². The third-order valence-electron chi connectivity index (χ3n) is 7.53. The van der Waals surface area contributed by atoms with Crippen molar-refractivity contribution >= 4 is 17.1 Å². The van der Waals surface area contributed by atoms with Gasteiger partial charge in [-0.3, -0.25) is 0 Å². The molecule has 2 atom stereocenters. The van der Waals surface area contributed by atoms with Crippen LogP contribution in [0, 0.1) is 25.7 Å². The van der Waals surface area contributed by atoms with Gasteiger partial charge < -0.3 is 30.2 Å². The van der Waals surface area contributed by atoms with E-state index in [1.54, 1.807) is 12.1 Å². The van der Waals surface area contributed by atoms with Crippen molar-refractivity contribution in [3.05, 3.63) is 77.4 Å². The summed E-state index contributed by atoms with van der Waals surface area (Å²) >= 11 is 0. The van der Waals surface area contributed by atoms with E-state index in [1.165, 1.54) is 0 Å². The summed E-state index contributed by atoms with van der Waals surface area (Å²) in [6, 6.07) is 18.4. The van der Waals surface area contributed by atoms with E-state index in [-0.39, 0.29) is 17.1 Å². The van der Waals surface area contributed by atoms with E-state index in [4.69, 9.17) is 0 Å². The predicted octanol–water partition coefficient (Wildman–Crippen LogP) is 5.86. The van der Waals surface area contributed by atoms with E-state index in [0.29, 0.717) is 11.8 Å². The van der Waals surface area contributed by atoms with Gasteiger partial charge in [0.15, 0.2) is 0 Å². The molecule has 38 heavy (non-hydrogen) atoms. The molecule has 3 aromatic rings. The largest absolute Gasteiger partial charge is 0.507 e. The molecule has 0 aliphatic heterocycles. The highest BCUT2D eigenvalue weighted by Gasteiger charge is 2.54. The maximum absolute atomic E-state index is 11.4. The zero-order valence-electron chi connectivity index (χ0n) is 23.3. The zero-order valence-corrected chi connectivity index (χ0v) is 23.3. The van der Waals surface area contributed by atoms with Gasteiger partial charge in [-0.05, 0) is 61.1 Å². The SMILES string of the molecule is Cc1ccc(N(c2ccccc2)C2C(O)C(c3c(O)cc(N(CC(C)C)CC(C)C)cc3O)C2O)cc1C. The van der Waals surface area contributed by atoms with Crippen LogP contribution in [0.15, 0.2) is 60.7 Å². The summed E-state index contributed by atoms with van der Waals surface area (Å²) in [4.78, 5) is 4.11. The lowest BCUT2D eigenvalue weighted by atomic mass is 9.68. The van der Waals surface area contributed by atoms with Gasteiger partial charge in [-0.2, -0.15) is 0 Å². The third-order valence-corrected chi connectivity index (χ3v) is 7.53. The summed E-state index contributed by atoms with van der Waals surface area (Å²) in [5, 5.41) is 45.0. The zero-order chi connectivity index (χ0) is 27.7. The van der Waals surface area contributed by atoms with Gasteiger partial charge in [0.05, 0.1) is 18.2 Å². The standard InChI is InChI=1S/C32H42N2O4/c1-19(2)17-33(18-20(3)4)25-15-26(35)28(27(36)16-25)29-31(37)30(32(29)38)34(23-10-8-7-9-11-23)24-13-12-21(5)22(6)14-24/h7-16,19-20,29-32,35-38H,17-18H2,1-6H3. The highest BCUT2D eigenvalue weighted by atomic mass is 16.3. The van der Waals surface area contributed by atoms with Gasteiger partial charge in [0.25, 0.3) is 0 Å². The molecule has 4 rings (SSSR count). The van der Waals surface area contributed by atoms with Crippen LogP contribution in [-0.2, 0) is 0 Å². The van der Waals surface area contributed by atoms with Crippen LogP contribution in [0.3, 0.4) is 0 Å². The fraction of sp³-hybridized carbons (Fsp3) is 0.438. The van der Waals surface area contributed by atoms with Crippen molar-refractivity contribution in [3.63, 3.8) is 0 Å². The van der Waals surface area contributed by atoms with Crippen molar-refractivity contribution in [2.75, 3.05) is 22.9 Å². The van der Waals surface area contributed by atoms with E-state index in [0.717, 1.165) is 41.3 Å². The summed E-state index contributed by atoms with van der Waals surface area (Å²) in [5.41, 5.74) is 4.90. The second-order valence-corrected chi connectivity index (χ2v) is 11.6. The summed E-state index contributed by atoms with van der Waals surface area (Å²) in [6.07, 6.45) is -2.03. The summed E-state index contributed by atoms with van der Waals surface area (Å²) in [6.45, 7) is 14.2. The molecule has 0 amide bonds. The molecule has 1 fully saturated rings. The molecule has 204 valence electrons. The van der Waals surface area contributed by atoms with Crippen molar-refractivity contribution in [2.45, 2.75) is 65.7 Å². The smallest absolute Gasteiger partial charge is 0.125 e. The minimum atomic E-state index is -1.02. The summed E-state index contributed by atoms with van der Waals surface area (Å²) in [7, 11) is 0. The Balaban J connectivity index is 1.68. The minimum absolute atomic E-state index is 0.114. The molecule has 2 unspecified atom stereocenters. The predicted molar refractivity (Wildman–Crippen MR) is 155 cm³/mol. The van der Waals surface area contributed by atoms with Crippen LogP contribution in [0.1, 0.15) is 50.3 Å². The first-order chi connectivity index (χ1) is 18.0. The van der Waals surface area contributed by atoms with Gasteiger partial charge in [-0.15, -0.1) is 0 Å². The first-order valence-corrected chi connectivity index (χ1v) is 13.6. The van der Waals surface area contributed by atoms with Crippen LogP contribution in [0.2, 0.25) is 0 Å². The average molecular weight is 519 g/mol. The maximum Gasteiger partial charge on any atom is 0.125 e. The molecule has 0 saturated heterocycles. The number of phenols is 2. The first-order valence-electron chi connectivity index (χ1n) is 13.6. The Morgan fingerprint density at radius 1 is 0.684 bits per heavy atom. The Labute approximate surface area is 226 Å². The lowest BCUT2D eigenvalue weighted by Crippen LogP contribution is -2.64. The number of aryl methyl sites for hydroxylation is 2. The molecule has 0 spiro atoms. The van der Waals surface area contributed by atoms with Crippen LogP contribution < -0.4 is 9.80 Å². The highest BCUT2D eigenvalue weighted by Crippen LogP contribution is 2.50. The van der Waals surface area contributed by atoms with Crippen LogP contribution in [0.25, 0.3) is 0 Å². The average Bonchev–Trinajstić information content (AvgIpc) is 2.85. The molecule has 0 radical (unpaired) electrons. The van der Waals surface area contributed by atoms with Crippen LogP contribution in [0.5, 0.6) is 11.5 Å². The molecular weight excluding hydrogens is 476 g/mol. The quantitative estimate of drug-likeness (QED) is 0.284. The topological polar surface area (TPSA) is 87.4 Å². The Morgan fingerprint density at radius 3 is 1.74 bits per heavy atom. The maximum atomic E-state index is 11.4. The number of hydrogen-bond acceptors (Lipinski definition) is 6. The second-order valence-electron chi connectivity index (χ2n) is 11.6. The monoisotopic (exact) mass is 518 g/mol. The molecule has 1 aliphatic carbocycles. The molecule has 6 heteroatoms. The van der Waals surface area contributed by atoms with Gasteiger partial charge in [0.2, 0.25) is 0 Å². The number of aliphatic hydroxyl groups excluding tert-OH is 2. The fourth-order valence-electron chi connectivity index (χ4n) is 5.59. The number of aliphatic hydroxyl groups is 2. The molecule has 1 saturated carbocycles. The molecule has 1 aliphatic rings. The van der Waals surface area contributed by atoms with Gasteiger partial charge in [0, 0.05) is 53.8 Å². The normalized spacial score (nSPS) is 21.0. The van der Waals surface area contributed by atoms with E-state index in [1.807, 2.05) is 61.2 Å². The number of aromatic hydroxyl groups is 2. The van der Waals surface area contributed by atoms with Crippen molar-refractivity contribution in [1.29, 1.82) is 0 Å². The number of rotatable bonds is 9. The lowest BCUT2D eigenvalue weighted by Gasteiger charge is -2.52. The van der Waals surface area contributed by atoms with Crippen LogP contribution >= 0.6 is 0 Å². The van der Waals surface area contributed by atoms with E-state index < -0.39 is 24.2 Å². The molecule has 0 bridgehead atoms. The molecule has 6 nitrogen and oxygen atoms in total. The van der Waals surface area contributed by atoms with Crippen LogP contribution in [-0.4, -0.2) is 51.8 Å². The van der Waals surface area contributed by atoms with Gasteiger partial charge in [0.1, 0.15) is 11.5 Å². The van der Waals surface area contributed by atoms with Crippen molar-refractivity contribution in [3.8, 4) is 11.5 Å². The van der Waals surface area contributed by atoms with Crippen molar-refractivity contribution in [2.24, 2.45) is 11.8 Å². The third kappa shape index (κ3) is 5.47.